The van der Waals surface area contributed by atoms with Crippen molar-refractivity contribution in [2.24, 2.45) is 11.8 Å². The second-order valence-corrected chi connectivity index (χ2v) is 6.80. The summed E-state index contributed by atoms with van der Waals surface area (Å²) in [6, 6.07) is 0.139. The molecule has 1 saturated heterocycles. The van der Waals surface area contributed by atoms with Crippen molar-refractivity contribution < 1.29 is 18.8 Å². The Morgan fingerprint density at radius 3 is 2.55 bits per heavy atom. The van der Waals surface area contributed by atoms with Gasteiger partial charge in [-0.15, -0.1) is 0 Å². The summed E-state index contributed by atoms with van der Waals surface area (Å²) < 4.78 is 5.02. The van der Waals surface area contributed by atoms with E-state index in [1.165, 1.54) is 26.4 Å². The van der Waals surface area contributed by atoms with Crippen LogP contribution < -0.4 is 0 Å². The number of piperazine rings is 1. The van der Waals surface area contributed by atoms with Gasteiger partial charge in [0.1, 0.15) is 6.54 Å². The van der Waals surface area contributed by atoms with Crippen LogP contribution in [0.2, 0.25) is 0 Å². The van der Waals surface area contributed by atoms with E-state index in [-0.39, 0.29) is 22.5 Å². The topological polar surface area (TPSA) is 46.6 Å². The molecule has 0 bridgehead atoms. The van der Waals surface area contributed by atoms with Gasteiger partial charge in [-0.3, -0.25) is 4.79 Å². The van der Waals surface area contributed by atoms with Crippen molar-refractivity contribution in [3.63, 3.8) is 0 Å². The van der Waals surface area contributed by atoms with Crippen LogP contribution in [0.15, 0.2) is 0 Å². The second-order valence-electron chi connectivity index (χ2n) is 6.80. The van der Waals surface area contributed by atoms with Gasteiger partial charge in [0.25, 0.3) is 5.91 Å². The number of carbonyl (C=O) groups excluding carboxylic acids is 2. The lowest BCUT2D eigenvalue weighted by Gasteiger charge is -2.45. The minimum absolute atomic E-state index is 0.0991. The first-order valence-corrected chi connectivity index (χ1v) is 7.75. The molecule has 5 nitrogen and oxygen atoms in total. The average Bonchev–Trinajstić information content (AvgIpc) is 3.05. The number of amides is 2. The fraction of sp³-hybridized carbons (Fsp3) is 0.867. The largest absolute Gasteiger partial charge is 0.516 e. The van der Waals surface area contributed by atoms with Crippen molar-refractivity contribution in [3.8, 4) is 0 Å². The first-order chi connectivity index (χ1) is 9.51. The van der Waals surface area contributed by atoms with Gasteiger partial charge in [-0.1, -0.05) is 6.92 Å². The minimum Gasteiger partial charge on any atom is -0.423 e. The molecule has 20 heavy (non-hydrogen) atoms. The quantitative estimate of drug-likeness (QED) is 0.723. The van der Waals surface area contributed by atoms with E-state index < -0.39 is 0 Å². The Kier molecular flexibility index (Phi) is 3.27. The van der Waals surface area contributed by atoms with E-state index in [4.69, 9.17) is 4.74 Å². The van der Waals surface area contributed by atoms with E-state index >= 15 is 0 Å². The van der Waals surface area contributed by atoms with E-state index in [2.05, 4.69) is 4.90 Å². The number of hydrogen-bond donors (Lipinski definition) is 0. The zero-order valence-electron chi connectivity index (χ0n) is 12.7. The monoisotopic (exact) mass is 281 g/mol. The van der Waals surface area contributed by atoms with Crippen LogP contribution in [0, 0.1) is 11.8 Å². The molecule has 4 atom stereocenters. The third-order valence-corrected chi connectivity index (χ3v) is 5.70. The summed E-state index contributed by atoms with van der Waals surface area (Å²) in [5, 5.41) is 0. The molecule has 2 aliphatic carbocycles. The Bertz CT molecular complexity index is 429. The van der Waals surface area contributed by atoms with Gasteiger partial charge in [-0.05, 0) is 31.1 Å². The Labute approximate surface area is 120 Å². The van der Waals surface area contributed by atoms with Gasteiger partial charge in [0.05, 0.1) is 20.7 Å². The highest BCUT2D eigenvalue weighted by molar-refractivity contribution is 5.83. The van der Waals surface area contributed by atoms with E-state index in [9.17, 15) is 9.59 Å². The molecular weight excluding hydrogens is 256 g/mol. The molecule has 3 rings (SSSR count). The number of ether oxygens (including phenoxy) is 1. The van der Waals surface area contributed by atoms with Crippen LogP contribution in [0.25, 0.3) is 0 Å². The fourth-order valence-electron chi connectivity index (χ4n) is 4.32. The summed E-state index contributed by atoms with van der Waals surface area (Å²) in [7, 11) is 3.24. The second kappa shape index (κ2) is 4.72. The first-order valence-electron chi connectivity index (χ1n) is 7.75. The SMILES string of the molecule is CCC1C(=O)N(C2C[C@@H]3C[C@H]3C2)CC[N+]1(C)C(=O)OC. The molecule has 5 heteroatoms. The lowest BCUT2D eigenvalue weighted by atomic mass is 10.0. The van der Waals surface area contributed by atoms with Crippen molar-refractivity contribution in [2.45, 2.75) is 44.7 Å². The molecule has 0 aromatic heterocycles. The van der Waals surface area contributed by atoms with Crippen molar-refractivity contribution in [1.82, 2.24) is 4.90 Å². The molecule has 0 spiro atoms. The van der Waals surface area contributed by atoms with Crippen LogP contribution in [0.1, 0.15) is 32.6 Å². The minimum atomic E-state index is -0.292. The van der Waals surface area contributed by atoms with Crippen LogP contribution in [0.4, 0.5) is 4.79 Å². The number of rotatable bonds is 2. The molecule has 2 saturated carbocycles. The molecule has 0 radical (unpaired) electrons. The Morgan fingerprint density at radius 2 is 2.00 bits per heavy atom. The van der Waals surface area contributed by atoms with Gasteiger partial charge < -0.3 is 9.64 Å². The number of methoxy groups -OCH3 is 1. The van der Waals surface area contributed by atoms with Gasteiger partial charge in [0.2, 0.25) is 0 Å². The number of fused-ring (bicyclic) bond motifs is 1. The number of nitrogens with zero attached hydrogens (tertiary/aromatic N) is 2. The summed E-state index contributed by atoms with van der Waals surface area (Å²) in [5.41, 5.74) is 0. The Morgan fingerprint density at radius 1 is 1.35 bits per heavy atom. The van der Waals surface area contributed by atoms with Crippen LogP contribution in [-0.4, -0.2) is 60.7 Å². The zero-order chi connectivity index (χ0) is 14.5. The number of likely N-dealkylation sites (N-methyl/N-ethyl adjacent to an activating group) is 1. The number of quaternary nitrogens is 1. The van der Waals surface area contributed by atoms with Gasteiger partial charge >= 0.3 is 6.09 Å². The van der Waals surface area contributed by atoms with E-state index in [1.807, 2.05) is 14.0 Å². The molecule has 0 N–H and O–H groups in total. The predicted molar refractivity (Wildman–Crippen MR) is 73.9 cm³/mol. The highest BCUT2D eigenvalue weighted by Crippen LogP contribution is 2.53. The van der Waals surface area contributed by atoms with Crippen LogP contribution in [0.5, 0.6) is 0 Å². The van der Waals surface area contributed by atoms with Crippen molar-refractivity contribution in [1.29, 1.82) is 0 Å². The van der Waals surface area contributed by atoms with E-state index in [1.54, 1.807) is 0 Å². The maximum atomic E-state index is 12.8. The number of carbonyl (C=O) groups is 2. The summed E-state index contributed by atoms with van der Waals surface area (Å²) in [6.45, 7) is 3.34. The molecule has 3 fully saturated rings. The third-order valence-electron chi connectivity index (χ3n) is 5.70. The maximum Gasteiger partial charge on any atom is 0.516 e. The molecular formula is C15H25N2O3+. The van der Waals surface area contributed by atoms with Gasteiger partial charge in [-0.2, -0.15) is 4.79 Å². The molecule has 0 aromatic carbocycles. The van der Waals surface area contributed by atoms with Crippen molar-refractivity contribution in [2.75, 3.05) is 27.2 Å². The fourth-order valence-corrected chi connectivity index (χ4v) is 4.32. The molecule has 2 amide bonds. The maximum absolute atomic E-state index is 12.8. The lowest BCUT2D eigenvalue weighted by Crippen LogP contribution is -2.69. The standard InChI is InChI=1S/C15H25N2O3/c1-4-13-14(18)16(12-8-10-7-11(10)9-12)5-6-17(13,2)15(19)20-3/h10-13H,4-9H2,1-3H3/q+1/t10-,11-,13?,17?/m0/s1. The highest BCUT2D eigenvalue weighted by atomic mass is 16.5. The van der Waals surface area contributed by atoms with Crippen molar-refractivity contribution in [3.05, 3.63) is 0 Å². The predicted octanol–water partition coefficient (Wildman–Crippen LogP) is 1.62. The normalized spacial score (nSPS) is 40.6. The molecule has 1 heterocycles. The van der Waals surface area contributed by atoms with E-state index in [0.717, 1.165) is 11.8 Å². The Hall–Kier alpha value is -1.10. The molecule has 112 valence electrons. The van der Waals surface area contributed by atoms with Crippen LogP contribution in [0.3, 0.4) is 0 Å². The molecule has 1 aliphatic heterocycles. The molecule has 2 unspecified atom stereocenters. The van der Waals surface area contributed by atoms with E-state index in [0.29, 0.717) is 25.6 Å². The number of hydrogen-bond acceptors (Lipinski definition) is 3. The zero-order valence-corrected chi connectivity index (χ0v) is 12.7. The smallest absolute Gasteiger partial charge is 0.423 e. The summed E-state index contributed by atoms with van der Waals surface area (Å²) in [6.07, 6.45) is 4.11. The van der Waals surface area contributed by atoms with Gasteiger partial charge in [-0.25, -0.2) is 4.48 Å². The van der Waals surface area contributed by atoms with Gasteiger partial charge in [0, 0.05) is 12.5 Å². The van der Waals surface area contributed by atoms with Crippen LogP contribution >= 0.6 is 0 Å². The molecule has 0 aromatic rings. The lowest BCUT2D eigenvalue weighted by molar-refractivity contribution is -0.858. The van der Waals surface area contributed by atoms with Gasteiger partial charge in [0.15, 0.2) is 6.04 Å². The summed E-state index contributed by atoms with van der Waals surface area (Å²) in [5.74, 6) is 1.89. The third kappa shape index (κ3) is 1.94. The summed E-state index contributed by atoms with van der Waals surface area (Å²) in [4.78, 5) is 26.9. The van der Waals surface area contributed by atoms with Crippen LogP contribution in [-0.2, 0) is 9.53 Å². The average molecular weight is 281 g/mol. The Balaban J connectivity index is 1.76. The van der Waals surface area contributed by atoms with Crippen molar-refractivity contribution >= 4 is 12.0 Å². The first kappa shape index (κ1) is 13.9. The highest BCUT2D eigenvalue weighted by Gasteiger charge is 2.54. The summed E-state index contributed by atoms with van der Waals surface area (Å²) >= 11 is 0. The molecule has 3 aliphatic rings.